The Bertz CT molecular complexity index is 150. The van der Waals surface area contributed by atoms with Crippen LogP contribution in [0.5, 0.6) is 0 Å². The molecule has 2 aliphatic rings. The van der Waals surface area contributed by atoms with E-state index in [4.69, 9.17) is 10.5 Å². The topological polar surface area (TPSA) is 35.2 Å². The van der Waals surface area contributed by atoms with Gasteiger partial charge in [-0.05, 0) is 43.9 Å². The van der Waals surface area contributed by atoms with E-state index in [1.54, 1.807) is 0 Å². The minimum atomic E-state index is 0.483. The third-order valence-electron chi connectivity index (χ3n) is 3.70. The monoisotopic (exact) mass is 183 g/mol. The maximum atomic E-state index is 6.17. The molecule has 1 aliphatic heterocycles. The summed E-state index contributed by atoms with van der Waals surface area (Å²) < 4.78 is 5.34. The van der Waals surface area contributed by atoms with E-state index < -0.39 is 0 Å². The molecule has 0 radical (unpaired) electrons. The van der Waals surface area contributed by atoms with Crippen molar-refractivity contribution >= 4 is 0 Å². The molecule has 1 heterocycles. The maximum absolute atomic E-state index is 6.17. The summed E-state index contributed by atoms with van der Waals surface area (Å²) >= 11 is 0. The van der Waals surface area contributed by atoms with E-state index in [1.165, 1.54) is 38.5 Å². The van der Waals surface area contributed by atoms with Gasteiger partial charge in [-0.2, -0.15) is 0 Å². The third kappa shape index (κ3) is 2.44. The molecule has 1 atom stereocenters. The highest BCUT2D eigenvalue weighted by atomic mass is 16.5. The molecule has 1 aliphatic carbocycles. The van der Waals surface area contributed by atoms with E-state index in [0.29, 0.717) is 6.04 Å². The van der Waals surface area contributed by atoms with Gasteiger partial charge in [-0.15, -0.1) is 0 Å². The van der Waals surface area contributed by atoms with Gasteiger partial charge in [0.25, 0.3) is 0 Å². The van der Waals surface area contributed by atoms with Gasteiger partial charge in [-0.3, -0.25) is 0 Å². The minimum absolute atomic E-state index is 0.483. The van der Waals surface area contributed by atoms with Crippen molar-refractivity contribution in [1.29, 1.82) is 0 Å². The Morgan fingerprint density at radius 2 is 1.85 bits per heavy atom. The van der Waals surface area contributed by atoms with Crippen LogP contribution in [-0.2, 0) is 4.74 Å². The van der Waals surface area contributed by atoms with Gasteiger partial charge >= 0.3 is 0 Å². The van der Waals surface area contributed by atoms with E-state index in [2.05, 4.69) is 0 Å². The first-order chi connectivity index (χ1) is 6.36. The van der Waals surface area contributed by atoms with Gasteiger partial charge in [0.15, 0.2) is 0 Å². The van der Waals surface area contributed by atoms with Crippen molar-refractivity contribution in [2.45, 2.75) is 44.6 Å². The molecule has 0 amide bonds. The second kappa shape index (κ2) is 4.43. The molecule has 0 aromatic rings. The van der Waals surface area contributed by atoms with Crippen molar-refractivity contribution in [1.82, 2.24) is 0 Å². The average Bonchev–Trinajstić information content (AvgIpc) is 2.02. The van der Waals surface area contributed by atoms with Crippen LogP contribution in [0.1, 0.15) is 38.5 Å². The molecule has 1 saturated carbocycles. The third-order valence-corrected chi connectivity index (χ3v) is 3.70. The van der Waals surface area contributed by atoms with Crippen LogP contribution in [0, 0.1) is 11.8 Å². The summed E-state index contributed by atoms with van der Waals surface area (Å²) in [7, 11) is 0. The van der Waals surface area contributed by atoms with Gasteiger partial charge in [0.1, 0.15) is 0 Å². The van der Waals surface area contributed by atoms with E-state index in [1.807, 2.05) is 0 Å². The summed E-state index contributed by atoms with van der Waals surface area (Å²) in [4.78, 5) is 0. The molecule has 2 rings (SSSR count). The molecular weight excluding hydrogens is 162 g/mol. The highest BCUT2D eigenvalue weighted by Crippen LogP contribution is 2.32. The molecule has 2 heteroatoms. The quantitative estimate of drug-likeness (QED) is 0.725. The zero-order valence-electron chi connectivity index (χ0n) is 8.37. The molecule has 1 unspecified atom stereocenters. The van der Waals surface area contributed by atoms with Crippen LogP contribution in [-0.4, -0.2) is 19.3 Å². The molecule has 0 bridgehead atoms. The fourth-order valence-electron chi connectivity index (χ4n) is 2.43. The summed E-state index contributed by atoms with van der Waals surface area (Å²) in [6.07, 6.45) is 7.88. The highest BCUT2D eigenvalue weighted by molar-refractivity contribution is 4.82. The Morgan fingerprint density at radius 3 is 2.38 bits per heavy atom. The molecule has 0 aromatic heterocycles. The summed E-state index contributed by atoms with van der Waals surface area (Å²) in [5.41, 5.74) is 6.17. The summed E-state index contributed by atoms with van der Waals surface area (Å²) in [6.45, 7) is 1.92. The lowest BCUT2D eigenvalue weighted by Crippen LogP contribution is -2.37. The molecule has 2 fully saturated rings. The second-order valence-electron chi connectivity index (χ2n) is 4.65. The number of hydrogen-bond donors (Lipinski definition) is 1. The van der Waals surface area contributed by atoms with Crippen molar-refractivity contribution in [2.75, 3.05) is 13.2 Å². The normalized spacial score (nSPS) is 28.4. The summed E-state index contributed by atoms with van der Waals surface area (Å²) in [6, 6.07) is 0.483. The SMILES string of the molecule is NC(CC1CCOCC1)C1CCC1. The Labute approximate surface area is 80.8 Å². The maximum Gasteiger partial charge on any atom is 0.0468 e. The van der Waals surface area contributed by atoms with E-state index in [-0.39, 0.29) is 0 Å². The smallest absolute Gasteiger partial charge is 0.0468 e. The van der Waals surface area contributed by atoms with Crippen LogP contribution in [0.25, 0.3) is 0 Å². The van der Waals surface area contributed by atoms with Gasteiger partial charge in [0, 0.05) is 19.3 Å². The van der Waals surface area contributed by atoms with Crippen molar-refractivity contribution < 1.29 is 4.74 Å². The number of rotatable bonds is 3. The Kier molecular flexibility index (Phi) is 3.23. The lowest BCUT2D eigenvalue weighted by molar-refractivity contribution is 0.0574. The lowest BCUT2D eigenvalue weighted by Gasteiger charge is -2.34. The highest BCUT2D eigenvalue weighted by Gasteiger charge is 2.27. The van der Waals surface area contributed by atoms with Gasteiger partial charge in [0.05, 0.1) is 0 Å². The van der Waals surface area contributed by atoms with Crippen LogP contribution in [0.15, 0.2) is 0 Å². The minimum Gasteiger partial charge on any atom is -0.381 e. The Hall–Kier alpha value is -0.0800. The van der Waals surface area contributed by atoms with E-state index in [0.717, 1.165) is 25.0 Å². The first kappa shape index (κ1) is 9.47. The number of nitrogens with two attached hydrogens (primary N) is 1. The predicted molar refractivity (Wildman–Crippen MR) is 53.5 cm³/mol. The first-order valence-corrected chi connectivity index (χ1v) is 5.69. The average molecular weight is 183 g/mol. The van der Waals surface area contributed by atoms with Gasteiger partial charge in [-0.25, -0.2) is 0 Å². The molecule has 2 nitrogen and oxygen atoms in total. The zero-order valence-corrected chi connectivity index (χ0v) is 8.37. The second-order valence-corrected chi connectivity index (χ2v) is 4.65. The number of ether oxygens (including phenoxy) is 1. The fraction of sp³-hybridized carbons (Fsp3) is 1.00. The fourth-order valence-corrected chi connectivity index (χ4v) is 2.43. The predicted octanol–water partition coefficient (Wildman–Crippen LogP) is 1.93. The van der Waals surface area contributed by atoms with Gasteiger partial charge in [-0.1, -0.05) is 6.42 Å². The van der Waals surface area contributed by atoms with E-state index in [9.17, 15) is 0 Å². The molecule has 0 spiro atoms. The van der Waals surface area contributed by atoms with Crippen molar-refractivity contribution in [2.24, 2.45) is 17.6 Å². The van der Waals surface area contributed by atoms with Crippen LogP contribution in [0.3, 0.4) is 0 Å². The van der Waals surface area contributed by atoms with Crippen LogP contribution < -0.4 is 5.73 Å². The molecule has 2 N–H and O–H groups in total. The lowest BCUT2D eigenvalue weighted by atomic mass is 9.76. The number of hydrogen-bond acceptors (Lipinski definition) is 2. The molecule has 76 valence electrons. The van der Waals surface area contributed by atoms with Crippen molar-refractivity contribution in [3.05, 3.63) is 0 Å². The van der Waals surface area contributed by atoms with E-state index >= 15 is 0 Å². The molecule has 0 aromatic carbocycles. The summed E-state index contributed by atoms with van der Waals surface area (Å²) in [5.74, 6) is 1.70. The zero-order chi connectivity index (χ0) is 9.10. The van der Waals surface area contributed by atoms with Crippen LogP contribution >= 0.6 is 0 Å². The standard InChI is InChI=1S/C11H21NO/c12-11(10-2-1-3-10)8-9-4-6-13-7-5-9/h9-11H,1-8,12H2. The van der Waals surface area contributed by atoms with Gasteiger partial charge in [0.2, 0.25) is 0 Å². The Balaban J connectivity index is 1.69. The summed E-state index contributed by atoms with van der Waals surface area (Å²) in [5, 5.41) is 0. The van der Waals surface area contributed by atoms with Gasteiger partial charge < -0.3 is 10.5 Å². The molecular formula is C11H21NO. The van der Waals surface area contributed by atoms with Crippen molar-refractivity contribution in [3.63, 3.8) is 0 Å². The molecule has 1 saturated heterocycles. The van der Waals surface area contributed by atoms with Crippen LogP contribution in [0.2, 0.25) is 0 Å². The first-order valence-electron chi connectivity index (χ1n) is 5.69. The van der Waals surface area contributed by atoms with Crippen LogP contribution in [0.4, 0.5) is 0 Å². The largest absolute Gasteiger partial charge is 0.381 e. The van der Waals surface area contributed by atoms with Crippen molar-refractivity contribution in [3.8, 4) is 0 Å². The Morgan fingerprint density at radius 1 is 1.15 bits per heavy atom. The molecule has 13 heavy (non-hydrogen) atoms.